The highest BCUT2D eigenvalue weighted by Crippen LogP contribution is 2.16. The second-order valence-corrected chi connectivity index (χ2v) is 4.48. The third-order valence-electron chi connectivity index (χ3n) is 2.09. The van der Waals surface area contributed by atoms with Crippen LogP contribution in [0.25, 0.3) is 0 Å². The van der Waals surface area contributed by atoms with Crippen LogP contribution in [0.1, 0.15) is 29.8 Å². The van der Waals surface area contributed by atoms with Gasteiger partial charge in [-0.05, 0) is 36.6 Å². The molecule has 0 radical (unpaired) electrons. The fourth-order valence-corrected chi connectivity index (χ4v) is 1.30. The molecule has 0 fully saturated rings. The summed E-state index contributed by atoms with van der Waals surface area (Å²) >= 11 is 5.88. The molecule has 0 bridgehead atoms. The summed E-state index contributed by atoms with van der Waals surface area (Å²) < 4.78 is 0. The first kappa shape index (κ1) is 12.1. The van der Waals surface area contributed by atoms with Crippen molar-refractivity contribution in [3.8, 4) is 0 Å². The van der Waals surface area contributed by atoms with Crippen LogP contribution in [0.4, 0.5) is 0 Å². The van der Waals surface area contributed by atoms with Crippen LogP contribution in [0.5, 0.6) is 0 Å². The normalized spacial score (nSPS) is 10.5. The summed E-state index contributed by atoms with van der Waals surface area (Å²) in [5.41, 5.74) is 1.59. The Morgan fingerprint density at radius 2 is 2.13 bits per heavy atom. The van der Waals surface area contributed by atoms with Crippen molar-refractivity contribution < 1.29 is 4.79 Å². The van der Waals surface area contributed by atoms with Gasteiger partial charge in [-0.2, -0.15) is 0 Å². The zero-order valence-corrected chi connectivity index (χ0v) is 10.1. The molecule has 0 aliphatic carbocycles. The van der Waals surface area contributed by atoms with Crippen LogP contribution < -0.4 is 5.32 Å². The van der Waals surface area contributed by atoms with Crippen molar-refractivity contribution in [3.05, 3.63) is 34.3 Å². The Morgan fingerprint density at radius 3 is 2.67 bits per heavy atom. The van der Waals surface area contributed by atoms with Crippen molar-refractivity contribution in [3.63, 3.8) is 0 Å². The van der Waals surface area contributed by atoms with E-state index in [2.05, 4.69) is 19.2 Å². The van der Waals surface area contributed by atoms with Crippen molar-refractivity contribution in [2.24, 2.45) is 5.92 Å². The number of halogens is 1. The van der Waals surface area contributed by atoms with Crippen molar-refractivity contribution in [1.82, 2.24) is 5.32 Å². The zero-order chi connectivity index (χ0) is 11.4. The number of aryl methyl sites for hydroxylation is 1. The quantitative estimate of drug-likeness (QED) is 0.842. The van der Waals surface area contributed by atoms with Crippen LogP contribution >= 0.6 is 11.6 Å². The predicted molar refractivity (Wildman–Crippen MR) is 63.4 cm³/mol. The van der Waals surface area contributed by atoms with Gasteiger partial charge in [0.15, 0.2) is 0 Å². The van der Waals surface area contributed by atoms with Crippen molar-refractivity contribution >= 4 is 17.5 Å². The maximum atomic E-state index is 11.7. The highest BCUT2D eigenvalue weighted by atomic mass is 35.5. The Balaban J connectivity index is 2.70. The highest BCUT2D eigenvalue weighted by Gasteiger charge is 2.06. The van der Waals surface area contributed by atoms with E-state index >= 15 is 0 Å². The number of hydrogen-bond donors (Lipinski definition) is 1. The molecule has 1 aromatic carbocycles. The summed E-state index contributed by atoms with van der Waals surface area (Å²) in [7, 11) is 0. The first-order valence-electron chi connectivity index (χ1n) is 5.05. The van der Waals surface area contributed by atoms with E-state index < -0.39 is 0 Å². The molecule has 0 unspecified atom stereocenters. The molecule has 2 nitrogen and oxygen atoms in total. The molecule has 1 N–H and O–H groups in total. The Bertz CT molecular complexity index is 361. The molecule has 0 spiro atoms. The molecule has 0 saturated carbocycles. The number of nitrogens with one attached hydrogen (secondary N) is 1. The third-order valence-corrected chi connectivity index (χ3v) is 2.52. The van der Waals surface area contributed by atoms with E-state index in [9.17, 15) is 4.79 Å². The lowest BCUT2D eigenvalue weighted by Gasteiger charge is -2.08. The number of carbonyl (C=O) groups is 1. The smallest absolute Gasteiger partial charge is 0.251 e. The van der Waals surface area contributed by atoms with Gasteiger partial charge in [-0.1, -0.05) is 25.4 Å². The van der Waals surface area contributed by atoms with Crippen molar-refractivity contribution in [2.75, 3.05) is 6.54 Å². The molecule has 3 heteroatoms. The van der Waals surface area contributed by atoms with Gasteiger partial charge in [-0.3, -0.25) is 4.79 Å². The van der Waals surface area contributed by atoms with Crippen LogP contribution in [0.3, 0.4) is 0 Å². The number of amides is 1. The third kappa shape index (κ3) is 3.56. The predicted octanol–water partition coefficient (Wildman–Crippen LogP) is 3.03. The van der Waals surface area contributed by atoms with E-state index in [4.69, 9.17) is 11.6 Å². The van der Waals surface area contributed by atoms with Crippen LogP contribution in [0.2, 0.25) is 5.02 Å². The molecule has 82 valence electrons. The Labute approximate surface area is 95.6 Å². The molecule has 1 rings (SSSR count). The molecular formula is C12H16ClNO. The minimum absolute atomic E-state index is 0.0385. The molecule has 0 aliphatic heterocycles. The fourth-order valence-electron chi connectivity index (χ4n) is 1.18. The second-order valence-electron chi connectivity index (χ2n) is 4.07. The summed E-state index contributed by atoms with van der Waals surface area (Å²) in [6.07, 6.45) is 0. The summed E-state index contributed by atoms with van der Waals surface area (Å²) in [5.74, 6) is 0.422. The number of rotatable bonds is 3. The van der Waals surface area contributed by atoms with Crippen LogP contribution in [-0.2, 0) is 0 Å². The zero-order valence-electron chi connectivity index (χ0n) is 9.30. The summed E-state index contributed by atoms with van der Waals surface area (Å²) in [6.45, 7) is 6.71. The van der Waals surface area contributed by atoms with Gasteiger partial charge in [-0.15, -0.1) is 0 Å². The van der Waals surface area contributed by atoms with Crippen LogP contribution in [0.15, 0.2) is 18.2 Å². The number of carbonyl (C=O) groups excluding carboxylic acids is 1. The van der Waals surface area contributed by atoms with E-state index in [1.165, 1.54) is 0 Å². The second kappa shape index (κ2) is 5.17. The van der Waals surface area contributed by atoms with Gasteiger partial charge >= 0.3 is 0 Å². The van der Waals surface area contributed by atoms with Crippen molar-refractivity contribution in [2.45, 2.75) is 20.8 Å². The lowest BCUT2D eigenvalue weighted by atomic mass is 10.1. The van der Waals surface area contributed by atoms with E-state index in [0.29, 0.717) is 23.0 Å². The topological polar surface area (TPSA) is 29.1 Å². The molecule has 1 amide bonds. The van der Waals surface area contributed by atoms with Gasteiger partial charge in [-0.25, -0.2) is 0 Å². The lowest BCUT2D eigenvalue weighted by molar-refractivity contribution is 0.0949. The van der Waals surface area contributed by atoms with E-state index in [-0.39, 0.29) is 5.91 Å². The first-order valence-corrected chi connectivity index (χ1v) is 5.43. The minimum Gasteiger partial charge on any atom is -0.352 e. The Morgan fingerprint density at radius 1 is 1.47 bits per heavy atom. The summed E-state index contributed by atoms with van der Waals surface area (Å²) in [6, 6.07) is 5.30. The first-order chi connectivity index (χ1) is 7.00. The van der Waals surface area contributed by atoms with Gasteiger partial charge < -0.3 is 5.32 Å². The van der Waals surface area contributed by atoms with E-state index in [0.717, 1.165) is 5.56 Å². The average Bonchev–Trinajstić information content (AvgIpc) is 2.18. The minimum atomic E-state index is -0.0385. The van der Waals surface area contributed by atoms with Gasteiger partial charge in [0.1, 0.15) is 0 Å². The summed E-state index contributed by atoms with van der Waals surface area (Å²) in [5, 5.41) is 3.55. The fraction of sp³-hybridized carbons (Fsp3) is 0.417. The van der Waals surface area contributed by atoms with E-state index in [1.54, 1.807) is 18.2 Å². The molecule has 0 atom stereocenters. The maximum Gasteiger partial charge on any atom is 0.251 e. The standard InChI is InChI=1S/C12H16ClNO/c1-8(2)7-14-12(15)10-4-5-11(13)9(3)6-10/h4-6,8H,7H2,1-3H3,(H,14,15). The van der Waals surface area contributed by atoms with Gasteiger partial charge in [0, 0.05) is 17.1 Å². The van der Waals surface area contributed by atoms with Crippen molar-refractivity contribution in [1.29, 1.82) is 0 Å². The molecule has 15 heavy (non-hydrogen) atoms. The van der Waals surface area contributed by atoms with Gasteiger partial charge in [0.05, 0.1) is 0 Å². The number of benzene rings is 1. The molecule has 0 aliphatic rings. The monoisotopic (exact) mass is 225 g/mol. The summed E-state index contributed by atoms with van der Waals surface area (Å²) in [4.78, 5) is 11.7. The number of hydrogen-bond acceptors (Lipinski definition) is 1. The van der Waals surface area contributed by atoms with Crippen LogP contribution in [-0.4, -0.2) is 12.5 Å². The Hall–Kier alpha value is -1.02. The molecule has 0 saturated heterocycles. The highest BCUT2D eigenvalue weighted by molar-refractivity contribution is 6.31. The van der Waals surface area contributed by atoms with Gasteiger partial charge in [0.2, 0.25) is 0 Å². The SMILES string of the molecule is Cc1cc(C(=O)NCC(C)C)ccc1Cl. The molecule has 1 aromatic rings. The van der Waals surface area contributed by atoms with Crippen LogP contribution in [0, 0.1) is 12.8 Å². The maximum absolute atomic E-state index is 11.7. The van der Waals surface area contributed by atoms with Gasteiger partial charge in [0.25, 0.3) is 5.91 Å². The van der Waals surface area contributed by atoms with E-state index in [1.807, 2.05) is 6.92 Å². The Kier molecular flexibility index (Phi) is 4.15. The lowest BCUT2D eigenvalue weighted by Crippen LogP contribution is -2.27. The largest absolute Gasteiger partial charge is 0.352 e. The molecule has 0 heterocycles. The molecular weight excluding hydrogens is 210 g/mol. The average molecular weight is 226 g/mol. The molecule has 0 aromatic heterocycles.